The molecule has 0 aliphatic carbocycles. The predicted molar refractivity (Wildman–Crippen MR) is 73.0 cm³/mol. The highest BCUT2D eigenvalue weighted by Crippen LogP contribution is 2.25. The molecule has 19 heavy (non-hydrogen) atoms. The number of hydrogen-bond donors (Lipinski definition) is 3. The smallest absolute Gasteiger partial charge is 0.246 e. The summed E-state index contributed by atoms with van der Waals surface area (Å²) in [6.45, 7) is 0.975. The first-order chi connectivity index (χ1) is 9.22. The molecule has 0 spiro atoms. The standard InChI is InChI=1S/C14H17N3O2/c18-13-6-5-11(17-13)14(19)16-10-4-3-9-2-1-7-15-12(9)8-10/h3-4,8,11,15H,1-2,5-7H2,(H,16,19)(H,17,18)/t11-/m1/s1. The third-order valence-electron chi connectivity index (χ3n) is 3.63. The Morgan fingerprint density at radius 2 is 2.21 bits per heavy atom. The van der Waals surface area contributed by atoms with Crippen LogP contribution in [0.25, 0.3) is 0 Å². The monoisotopic (exact) mass is 259 g/mol. The highest BCUT2D eigenvalue weighted by Gasteiger charge is 2.27. The van der Waals surface area contributed by atoms with E-state index in [1.54, 1.807) is 0 Å². The van der Waals surface area contributed by atoms with Crippen LogP contribution in [0.4, 0.5) is 11.4 Å². The van der Waals surface area contributed by atoms with Gasteiger partial charge in [0.05, 0.1) is 0 Å². The van der Waals surface area contributed by atoms with Gasteiger partial charge in [0.15, 0.2) is 0 Å². The fourth-order valence-electron chi connectivity index (χ4n) is 2.58. The van der Waals surface area contributed by atoms with Crippen molar-refractivity contribution < 1.29 is 9.59 Å². The summed E-state index contributed by atoms with van der Waals surface area (Å²) in [5, 5.41) is 8.86. The van der Waals surface area contributed by atoms with Crippen molar-refractivity contribution in [1.29, 1.82) is 0 Å². The molecular weight excluding hydrogens is 242 g/mol. The molecule has 1 aromatic rings. The second-order valence-corrected chi connectivity index (χ2v) is 5.05. The number of nitrogens with one attached hydrogen (secondary N) is 3. The Bertz CT molecular complexity index is 527. The lowest BCUT2D eigenvalue weighted by atomic mass is 10.0. The van der Waals surface area contributed by atoms with Crippen molar-refractivity contribution in [2.45, 2.75) is 31.7 Å². The topological polar surface area (TPSA) is 70.2 Å². The fraction of sp³-hybridized carbons (Fsp3) is 0.429. The maximum absolute atomic E-state index is 12.0. The van der Waals surface area contributed by atoms with E-state index < -0.39 is 6.04 Å². The summed E-state index contributed by atoms with van der Waals surface area (Å²) in [7, 11) is 0. The molecule has 1 saturated heterocycles. The number of carbonyl (C=O) groups is 2. The van der Waals surface area contributed by atoms with Crippen LogP contribution in [0.3, 0.4) is 0 Å². The van der Waals surface area contributed by atoms with E-state index in [1.807, 2.05) is 18.2 Å². The van der Waals surface area contributed by atoms with Gasteiger partial charge < -0.3 is 16.0 Å². The zero-order valence-electron chi connectivity index (χ0n) is 10.7. The fourth-order valence-corrected chi connectivity index (χ4v) is 2.58. The Hall–Kier alpha value is -2.04. The first-order valence-corrected chi connectivity index (χ1v) is 6.69. The molecule has 100 valence electrons. The highest BCUT2D eigenvalue weighted by atomic mass is 16.2. The van der Waals surface area contributed by atoms with Crippen LogP contribution < -0.4 is 16.0 Å². The number of anilines is 2. The number of fused-ring (bicyclic) bond motifs is 1. The average molecular weight is 259 g/mol. The summed E-state index contributed by atoms with van der Waals surface area (Å²) in [5.74, 6) is -0.186. The van der Waals surface area contributed by atoms with Gasteiger partial charge in [-0.2, -0.15) is 0 Å². The molecule has 2 amide bonds. The Morgan fingerprint density at radius 1 is 1.32 bits per heavy atom. The van der Waals surface area contributed by atoms with E-state index in [0.717, 1.165) is 30.8 Å². The summed E-state index contributed by atoms with van der Waals surface area (Å²) in [6, 6.07) is 5.53. The van der Waals surface area contributed by atoms with Gasteiger partial charge in [-0.25, -0.2) is 0 Å². The van der Waals surface area contributed by atoms with Crippen LogP contribution in [-0.2, 0) is 16.0 Å². The van der Waals surface area contributed by atoms with Crippen LogP contribution in [0.15, 0.2) is 18.2 Å². The number of rotatable bonds is 2. The zero-order chi connectivity index (χ0) is 13.2. The van der Waals surface area contributed by atoms with Crippen molar-refractivity contribution in [2.24, 2.45) is 0 Å². The van der Waals surface area contributed by atoms with Crippen molar-refractivity contribution in [3.63, 3.8) is 0 Å². The van der Waals surface area contributed by atoms with Crippen molar-refractivity contribution >= 4 is 23.2 Å². The molecular formula is C14H17N3O2. The highest BCUT2D eigenvalue weighted by molar-refractivity contribution is 5.99. The molecule has 2 aliphatic rings. The molecule has 1 fully saturated rings. The molecule has 0 bridgehead atoms. The molecule has 0 aromatic heterocycles. The maximum atomic E-state index is 12.0. The summed E-state index contributed by atoms with van der Waals surface area (Å²) < 4.78 is 0. The van der Waals surface area contributed by atoms with E-state index in [2.05, 4.69) is 16.0 Å². The van der Waals surface area contributed by atoms with Gasteiger partial charge in [0.1, 0.15) is 6.04 Å². The minimum Gasteiger partial charge on any atom is -0.385 e. The first kappa shape index (κ1) is 12.0. The predicted octanol–water partition coefficient (Wildman–Crippen LogP) is 1.26. The maximum Gasteiger partial charge on any atom is 0.246 e. The quantitative estimate of drug-likeness (QED) is 0.749. The third-order valence-corrected chi connectivity index (χ3v) is 3.63. The molecule has 0 radical (unpaired) electrons. The lowest BCUT2D eigenvalue weighted by Gasteiger charge is -2.19. The van der Waals surface area contributed by atoms with Gasteiger partial charge in [-0.1, -0.05) is 6.07 Å². The SMILES string of the molecule is O=C1CC[C@H](C(=O)Nc2ccc3c(c2)NCCC3)N1. The zero-order valence-corrected chi connectivity index (χ0v) is 10.7. The molecule has 3 N–H and O–H groups in total. The molecule has 0 unspecified atom stereocenters. The largest absolute Gasteiger partial charge is 0.385 e. The number of amides is 2. The summed E-state index contributed by atoms with van der Waals surface area (Å²) in [6.07, 6.45) is 3.24. The molecule has 3 rings (SSSR count). The minimum absolute atomic E-state index is 0.0488. The van der Waals surface area contributed by atoms with Crippen LogP contribution in [0.1, 0.15) is 24.8 Å². The van der Waals surface area contributed by atoms with Gasteiger partial charge in [-0.3, -0.25) is 9.59 Å². The third kappa shape index (κ3) is 2.54. The van der Waals surface area contributed by atoms with Gasteiger partial charge in [-0.15, -0.1) is 0 Å². The molecule has 2 heterocycles. The molecule has 1 aromatic carbocycles. The number of carbonyl (C=O) groups excluding carboxylic acids is 2. The van der Waals surface area contributed by atoms with Crippen molar-refractivity contribution in [2.75, 3.05) is 17.2 Å². The second kappa shape index (κ2) is 4.91. The van der Waals surface area contributed by atoms with E-state index >= 15 is 0 Å². The van der Waals surface area contributed by atoms with E-state index in [1.165, 1.54) is 5.56 Å². The van der Waals surface area contributed by atoms with Crippen molar-refractivity contribution in [3.8, 4) is 0 Å². The average Bonchev–Trinajstić information content (AvgIpc) is 2.85. The Kier molecular flexibility index (Phi) is 3.11. The van der Waals surface area contributed by atoms with Crippen molar-refractivity contribution in [1.82, 2.24) is 5.32 Å². The van der Waals surface area contributed by atoms with E-state index in [9.17, 15) is 9.59 Å². The van der Waals surface area contributed by atoms with Gasteiger partial charge in [-0.05, 0) is 37.0 Å². The molecule has 5 nitrogen and oxygen atoms in total. The molecule has 2 aliphatic heterocycles. The number of benzene rings is 1. The Morgan fingerprint density at radius 3 is 3.00 bits per heavy atom. The van der Waals surface area contributed by atoms with Gasteiger partial charge >= 0.3 is 0 Å². The molecule has 0 saturated carbocycles. The molecule has 1 atom stereocenters. The van der Waals surface area contributed by atoms with Crippen LogP contribution >= 0.6 is 0 Å². The normalized spacial score (nSPS) is 21.3. The summed E-state index contributed by atoms with van der Waals surface area (Å²) >= 11 is 0. The van der Waals surface area contributed by atoms with E-state index in [4.69, 9.17) is 0 Å². The lowest BCUT2D eigenvalue weighted by molar-refractivity contribution is -0.122. The van der Waals surface area contributed by atoms with Gasteiger partial charge in [0, 0.05) is 24.3 Å². The van der Waals surface area contributed by atoms with Crippen LogP contribution in [-0.4, -0.2) is 24.4 Å². The molecule has 5 heteroatoms. The summed E-state index contributed by atoms with van der Waals surface area (Å²) in [5.41, 5.74) is 3.16. The van der Waals surface area contributed by atoms with Crippen LogP contribution in [0.2, 0.25) is 0 Å². The Balaban J connectivity index is 1.69. The first-order valence-electron chi connectivity index (χ1n) is 6.69. The number of hydrogen-bond acceptors (Lipinski definition) is 3. The Labute approximate surface area is 111 Å². The number of aryl methyl sites for hydroxylation is 1. The van der Waals surface area contributed by atoms with Crippen molar-refractivity contribution in [3.05, 3.63) is 23.8 Å². The van der Waals surface area contributed by atoms with Gasteiger partial charge in [0.2, 0.25) is 11.8 Å². The van der Waals surface area contributed by atoms with Gasteiger partial charge in [0.25, 0.3) is 0 Å². The van der Waals surface area contributed by atoms with Crippen LogP contribution in [0.5, 0.6) is 0 Å². The second-order valence-electron chi connectivity index (χ2n) is 5.05. The van der Waals surface area contributed by atoms with E-state index in [0.29, 0.717) is 12.8 Å². The van der Waals surface area contributed by atoms with Crippen LogP contribution in [0, 0.1) is 0 Å². The lowest BCUT2D eigenvalue weighted by Crippen LogP contribution is -2.37. The summed E-state index contributed by atoms with van der Waals surface area (Å²) in [4.78, 5) is 23.1. The van der Waals surface area contributed by atoms with E-state index in [-0.39, 0.29) is 11.8 Å². The minimum atomic E-state index is -0.392.